The molecule has 2 aliphatic rings. The molecule has 5 heteroatoms. The first kappa shape index (κ1) is 26.2. The van der Waals surface area contributed by atoms with E-state index in [-0.39, 0.29) is 23.3 Å². The molecule has 0 spiro atoms. The zero-order valence-corrected chi connectivity index (χ0v) is 22.0. The molecule has 0 bridgehead atoms. The number of carbonyl (C=O) groups is 2. The summed E-state index contributed by atoms with van der Waals surface area (Å²) in [4.78, 5) is 30.0. The molecule has 4 rings (SSSR count). The van der Waals surface area contributed by atoms with Gasteiger partial charge in [-0.2, -0.15) is 0 Å². The van der Waals surface area contributed by atoms with Gasteiger partial charge in [-0.25, -0.2) is 0 Å². The lowest BCUT2D eigenvalue weighted by Crippen LogP contribution is -2.57. The second-order valence-electron chi connectivity index (χ2n) is 10.9. The van der Waals surface area contributed by atoms with Gasteiger partial charge in [-0.3, -0.25) is 14.5 Å². The van der Waals surface area contributed by atoms with Crippen LogP contribution >= 0.6 is 0 Å². The van der Waals surface area contributed by atoms with E-state index in [4.69, 9.17) is 4.74 Å². The molecule has 0 aromatic heterocycles. The summed E-state index contributed by atoms with van der Waals surface area (Å²) in [6, 6.07) is 18.0. The summed E-state index contributed by atoms with van der Waals surface area (Å²) < 4.78 is 5.48. The lowest BCUT2D eigenvalue weighted by atomic mass is 9.57. The molecular formula is C31H40N2O3. The first-order chi connectivity index (χ1) is 17.3. The Morgan fingerprint density at radius 1 is 1.17 bits per heavy atom. The Kier molecular flexibility index (Phi) is 8.30. The van der Waals surface area contributed by atoms with Crippen molar-refractivity contribution in [2.45, 2.75) is 57.9 Å². The highest BCUT2D eigenvalue weighted by Crippen LogP contribution is 2.50. The fourth-order valence-electron chi connectivity index (χ4n) is 6.38. The average Bonchev–Trinajstić information content (AvgIpc) is 2.87. The molecule has 2 fully saturated rings. The van der Waals surface area contributed by atoms with Crippen LogP contribution in [0.5, 0.6) is 5.75 Å². The van der Waals surface area contributed by atoms with Crippen LogP contribution in [0.2, 0.25) is 0 Å². The number of rotatable bonds is 8. The van der Waals surface area contributed by atoms with Crippen molar-refractivity contribution in [1.82, 2.24) is 9.80 Å². The molecule has 5 nitrogen and oxygen atoms in total. The molecule has 1 amide bonds. The van der Waals surface area contributed by atoms with E-state index in [1.165, 1.54) is 12.5 Å². The Labute approximate surface area is 216 Å². The first-order valence-corrected chi connectivity index (χ1v) is 13.3. The van der Waals surface area contributed by atoms with E-state index in [1.54, 1.807) is 0 Å². The number of fused-ring (bicyclic) bond motifs is 1. The molecule has 1 aliphatic carbocycles. The second-order valence-corrected chi connectivity index (χ2v) is 10.9. The monoisotopic (exact) mass is 488 g/mol. The Morgan fingerprint density at radius 3 is 2.64 bits per heavy atom. The van der Waals surface area contributed by atoms with Gasteiger partial charge in [0.25, 0.3) is 5.91 Å². The molecule has 192 valence electrons. The molecule has 2 aromatic rings. The van der Waals surface area contributed by atoms with E-state index in [9.17, 15) is 9.59 Å². The molecule has 1 aliphatic heterocycles. The third-order valence-electron chi connectivity index (χ3n) is 7.92. The highest BCUT2D eigenvalue weighted by molar-refractivity contribution is 5.94. The van der Waals surface area contributed by atoms with Crippen molar-refractivity contribution >= 4 is 11.9 Å². The van der Waals surface area contributed by atoms with Gasteiger partial charge in [0.05, 0.1) is 0 Å². The minimum Gasteiger partial charge on any atom is -0.427 e. The molecular weight excluding hydrogens is 448 g/mol. The minimum atomic E-state index is -0.305. The fraction of sp³-hybridized carbons (Fsp3) is 0.484. The van der Waals surface area contributed by atoms with Gasteiger partial charge in [0, 0.05) is 43.6 Å². The highest BCUT2D eigenvalue weighted by Gasteiger charge is 2.49. The van der Waals surface area contributed by atoms with Crippen molar-refractivity contribution in [3.63, 3.8) is 0 Å². The molecule has 3 atom stereocenters. The zero-order valence-electron chi connectivity index (χ0n) is 22.0. The normalized spacial score (nSPS) is 24.1. The third kappa shape index (κ3) is 5.73. The molecule has 36 heavy (non-hydrogen) atoms. The summed E-state index contributed by atoms with van der Waals surface area (Å²) in [7, 11) is 0. The lowest BCUT2D eigenvalue weighted by Gasteiger charge is -2.54. The van der Waals surface area contributed by atoms with Crippen molar-refractivity contribution in [3.05, 3.63) is 78.4 Å². The van der Waals surface area contributed by atoms with Crippen molar-refractivity contribution < 1.29 is 14.3 Å². The number of likely N-dealkylation sites (tertiary alicyclic amines) is 1. The number of benzene rings is 2. The summed E-state index contributed by atoms with van der Waals surface area (Å²) in [5.74, 6) is 1.28. The van der Waals surface area contributed by atoms with Crippen molar-refractivity contribution in [2.75, 3.05) is 26.2 Å². The summed E-state index contributed by atoms with van der Waals surface area (Å²) in [5.41, 5.74) is 1.92. The summed E-state index contributed by atoms with van der Waals surface area (Å²) >= 11 is 0. The number of hydrogen-bond acceptors (Lipinski definition) is 4. The lowest BCUT2D eigenvalue weighted by molar-refractivity contribution is -0.131. The van der Waals surface area contributed by atoms with Crippen LogP contribution in [0, 0.1) is 11.8 Å². The van der Waals surface area contributed by atoms with Crippen molar-refractivity contribution in [1.29, 1.82) is 0 Å². The molecule has 1 saturated heterocycles. The maximum absolute atomic E-state index is 13.7. The van der Waals surface area contributed by atoms with Crippen LogP contribution in [-0.4, -0.2) is 53.9 Å². The van der Waals surface area contributed by atoms with Crippen LogP contribution in [0.1, 0.15) is 62.4 Å². The average molecular weight is 489 g/mol. The molecule has 0 radical (unpaired) electrons. The highest BCUT2D eigenvalue weighted by atomic mass is 16.5. The fourth-order valence-corrected chi connectivity index (χ4v) is 6.38. The Balaban J connectivity index is 1.70. The van der Waals surface area contributed by atoms with Gasteiger partial charge in [-0.05, 0) is 73.9 Å². The van der Waals surface area contributed by atoms with Gasteiger partial charge >= 0.3 is 5.97 Å². The number of ether oxygens (including phenoxy) is 1. The quantitative estimate of drug-likeness (QED) is 0.271. The van der Waals surface area contributed by atoms with Crippen LogP contribution in [-0.2, 0) is 10.2 Å². The molecule has 1 heterocycles. The number of nitrogens with zero attached hydrogens (tertiary/aromatic N) is 2. The number of hydrogen-bond donors (Lipinski definition) is 0. The predicted molar refractivity (Wildman–Crippen MR) is 144 cm³/mol. The third-order valence-corrected chi connectivity index (χ3v) is 7.92. The summed E-state index contributed by atoms with van der Waals surface area (Å²) in [5, 5.41) is 0. The topological polar surface area (TPSA) is 49.9 Å². The van der Waals surface area contributed by atoms with Crippen molar-refractivity contribution in [2.24, 2.45) is 11.8 Å². The second kappa shape index (κ2) is 11.4. The predicted octanol–water partition coefficient (Wildman–Crippen LogP) is 5.71. The minimum absolute atomic E-state index is 0.0665. The van der Waals surface area contributed by atoms with Gasteiger partial charge in [-0.1, -0.05) is 50.3 Å². The van der Waals surface area contributed by atoms with Crippen LogP contribution in [0.3, 0.4) is 0 Å². The Hall–Kier alpha value is -2.92. The smallest absolute Gasteiger partial charge is 0.308 e. The summed E-state index contributed by atoms with van der Waals surface area (Å²) in [6.07, 6.45) is 5.99. The molecule has 0 N–H and O–H groups in total. The zero-order chi connectivity index (χ0) is 25.7. The van der Waals surface area contributed by atoms with E-state index in [2.05, 4.69) is 42.4 Å². The Morgan fingerprint density at radius 2 is 1.94 bits per heavy atom. The van der Waals surface area contributed by atoms with E-state index < -0.39 is 0 Å². The molecule has 1 saturated carbocycles. The van der Waals surface area contributed by atoms with Gasteiger partial charge < -0.3 is 9.64 Å². The van der Waals surface area contributed by atoms with Gasteiger partial charge in [-0.15, -0.1) is 6.58 Å². The largest absolute Gasteiger partial charge is 0.427 e. The number of carbonyl (C=O) groups excluding carboxylic acids is 2. The van der Waals surface area contributed by atoms with E-state index >= 15 is 0 Å². The maximum atomic E-state index is 13.7. The maximum Gasteiger partial charge on any atom is 0.308 e. The number of piperidine rings is 1. The molecule has 2 aromatic carbocycles. The van der Waals surface area contributed by atoms with Crippen LogP contribution in [0.15, 0.2) is 67.3 Å². The number of esters is 1. The van der Waals surface area contributed by atoms with Gasteiger partial charge in [0.2, 0.25) is 0 Å². The van der Waals surface area contributed by atoms with Gasteiger partial charge in [0.1, 0.15) is 5.75 Å². The first-order valence-electron chi connectivity index (χ1n) is 13.3. The van der Waals surface area contributed by atoms with Crippen molar-refractivity contribution in [3.8, 4) is 5.75 Å². The van der Waals surface area contributed by atoms with Crippen LogP contribution < -0.4 is 4.74 Å². The molecule has 3 unspecified atom stereocenters. The van der Waals surface area contributed by atoms with Crippen LogP contribution in [0.25, 0.3) is 0 Å². The van der Waals surface area contributed by atoms with Gasteiger partial charge in [0.15, 0.2) is 0 Å². The Bertz CT molecular complexity index is 1070. The van der Waals surface area contributed by atoms with E-state index in [0.717, 1.165) is 57.4 Å². The summed E-state index contributed by atoms with van der Waals surface area (Å²) in [6.45, 7) is 13.4. The van der Waals surface area contributed by atoms with E-state index in [0.29, 0.717) is 17.6 Å². The standard InChI is InChI=1S/C31H40N2O3/c1-5-17-32-18-16-31(26-12-9-13-29(19-26)36-24(4)34)20-28(15-14-27(31)22-32)33(21-23(2)3)30(35)25-10-7-6-8-11-25/h5-13,19,23,27-28H,1,14-18,20-22H2,2-4H3. The number of amides is 1. The van der Waals surface area contributed by atoms with E-state index in [1.807, 2.05) is 48.5 Å². The SMILES string of the molecule is C=CCN1CCC2(c3cccc(OC(C)=O)c3)CC(N(CC(C)C)C(=O)c3ccccc3)CCC2C1. The van der Waals surface area contributed by atoms with Crippen LogP contribution in [0.4, 0.5) is 0 Å².